The highest BCUT2D eigenvalue weighted by Gasteiger charge is 2.22. The summed E-state index contributed by atoms with van der Waals surface area (Å²) in [4.78, 5) is 39.5. The Hall–Kier alpha value is -2.88. The van der Waals surface area contributed by atoms with Gasteiger partial charge in [0.1, 0.15) is 10.8 Å². The van der Waals surface area contributed by atoms with Gasteiger partial charge in [0.25, 0.3) is 5.91 Å². The topological polar surface area (TPSA) is 123 Å². The molecule has 0 fully saturated rings. The molecule has 0 aliphatic heterocycles. The Morgan fingerprint density at radius 1 is 1.38 bits per heavy atom. The predicted octanol–water partition coefficient (Wildman–Crippen LogP) is 1.67. The van der Waals surface area contributed by atoms with E-state index in [4.69, 9.17) is 9.26 Å². The Morgan fingerprint density at radius 3 is 2.81 bits per heavy atom. The van der Waals surface area contributed by atoms with E-state index in [0.29, 0.717) is 16.5 Å². The third kappa shape index (κ3) is 5.31. The van der Waals surface area contributed by atoms with E-state index in [1.165, 1.54) is 25.7 Å². The number of hydrogen-bond acceptors (Lipinski definition) is 8. The number of ether oxygens (including phenoxy) is 1. The Morgan fingerprint density at radius 2 is 2.15 bits per heavy atom. The molecule has 0 spiro atoms. The SMILES string of the molecule is CNC(=O)NC(=O)[C@@H](C)OC(=O)c1cccnc1SCc1cc(C)on1. The third-order valence-corrected chi connectivity index (χ3v) is 4.18. The Labute approximate surface area is 153 Å². The predicted molar refractivity (Wildman–Crippen MR) is 92.5 cm³/mol. The molecule has 0 aliphatic carbocycles. The molecule has 0 radical (unpaired) electrons. The van der Waals surface area contributed by atoms with Crippen LogP contribution in [0.15, 0.2) is 33.9 Å². The number of nitrogens with one attached hydrogen (secondary N) is 2. The highest BCUT2D eigenvalue weighted by molar-refractivity contribution is 7.98. The van der Waals surface area contributed by atoms with Crippen molar-refractivity contribution >= 4 is 29.7 Å². The number of pyridine rings is 1. The fourth-order valence-electron chi connectivity index (χ4n) is 1.84. The van der Waals surface area contributed by atoms with Crippen molar-refractivity contribution in [3.8, 4) is 0 Å². The van der Waals surface area contributed by atoms with Gasteiger partial charge in [-0.3, -0.25) is 10.1 Å². The highest BCUT2D eigenvalue weighted by atomic mass is 32.2. The summed E-state index contributed by atoms with van der Waals surface area (Å²) >= 11 is 1.29. The summed E-state index contributed by atoms with van der Waals surface area (Å²) in [6.07, 6.45) is 0.408. The van der Waals surface area contributed by atoms with Gasteiger partial charge in [0.15, 0.2) is 6.10 Å². The number of imide groups is 1. The average Bonchev–Trinajstić information content (AvgIpc) is 3.05. The average molecular weight is 378 g/mol. The van der Waals surface area contributed by atoms with E-state index in [1.54, 1.807) is 31.3 Å². The van der Waals surface area contributed by atoms with E-state index in [2.05, 4.69) is 15.5 Å². The smallest absolute Gasteiger partial charge is 0.341 e. The molecular weight excluding hydrogens is 360 g/mol. The Balaban J connectivity index is 2.02. The number of aromatic nitrogens is 2. The summed E-state index contributed by atoms with van der Waals surface area (Å²) < 4.78 is 10.1. The van der Waals surface area contributed by atoms with Gasteiger partial charge in [-0.2, -0.15) is 0 Å². The zero-order valence-corrected chi connectivity index (χ0v) is 15.3. The molecule has 2 N–H and O–H groups in total. The van der Waals surface area contributed by atoms with Crippen molar-refractivity contribution in [2.75, 3.05) is 7.05 Å². The number of carbonyl (C=O) groups excluding carboxylic acids is 3. The molecule has 10 heteroatoms. The summed E-state index contributed by atoms with van der Waals surface area (Å²) in [6.45, 7) is 3.16. The van der Waals surface area contributed by atoms with E-state index in [-0.39, 0.29) is 5.56 Å². The fourth-order valence-corrected chi connectivity index (χ4v) is 2.71. The van der Waals surface area contributed by atoms with Crippen molar-refractivity contribution in [1.82, 2.24) is 20.8 Å². The van der Waals surface area contributed by atoms with Gasteiger partial charge in [-0.05, 0) is 26.0 Å². The number of esters is 1. The van der Waals surface area contributed by atoms with Gasteiger partial charge in [0, 0.05) is 25.1 Å². The molecule has 3 amide bonds. The van der Waals surface area contributed by atoms with Crippen LogP contribution in [0.3, 0.4) is 0 Å². The van der Waals surface area contributed by atoms with Gasteiger partial charge in [0.2, 0.25) is 0 Å². The van der Waals surface area contributed by atoms with Crippen molar-refractivity contribution in [1.29, 1.82) is 0 Å². The van der Waals surface area contributed by atoms with Crippen LogP contribution in [0.1, 0.15) is 28.7 Å². The molecule has 9 nitrogen and oxygen atoms in total. The van der Waals surface area contributed by atoms with E-state index in [1.807, 2.05) is 5.32 Å². The van der Waals surface area contributed by atoms with Crippen molar-refractivity contribution in [2.45, 2.75) is 30.7 Å². The Bertz CT molecular complexity index is 807. The normalized spacial score (nSPS) is 11.5. The summed E-state index contributed by atoms with van der Waals surface area (Å²) in [7, 11) is 1.37. The van der Waals surface area contributed by atoms with Crippen LogP contribution in [0.25, 0.3) is 0 Å². The van der Waals surface area contributed by atoms with Gasteiger partial charge < -0.3 is 14.6 Å². The lowest BCUT2D eigenvalue weighted by molar-refractivity contribution is -0.127. The van der Waals surface area contributed by atoms with E-state index in [0.717, 1.165) is 5.69 Å². The van der Waals surface area contributed by atoms with Crippen LogP contribution in [0.2, 0.25) is 0 Å². The van der Waals surface area contributed by atoms with Gasteiger partial charge in [-0.1, -0.05) is 16.9 Å². The van der Waals surface area contributed by atoms with E-state index >= 15 is 0 Å². The lowest BCUT2D eigenvalue weighted by Gasteiger charge is -2.13. The molecule has 0 aliphatic rings. The number of nitrogens with zero attached hydrogens (tertiary/aromatic N) is 2. The van der Waals surface area contributed by atoms with Crippen molar-refractivity contribution in [2.24, 2.45) is 0 Å². The number of aryl methyl sites for hydroxylation is 1. The first-order valence-corrected chi connectivity index (χ1v) is 8.62. The molecule has 2 heterocycles. The summed E-state index contributed by atoms with van der Waals surface area (Å²) in [5, 5.41) is 8.61. The lowest BCUT2D eigenvalue weighted by Crippen LogP contribution is -2.43. The van der Waals surface area contributed by atoms with Gasteiger partial charge in [0.05, 0.1) is 11.3 Å². The fraction of sp³-hybridized carbons (Fsp3) is 0.312. The maximum Gasteiger partial charge on any atom is 0.341 e. The summed E-state index contributed by atoms with van der Waals surface area (Å²) in [6, 6.07) is 4.25. The van der Waals surface area contributed by atoms with Crippen LogP contribution in [0.4, 0.5) is 4.79 Å². The number of thioether (sulfide) groups is 1. The molecular formula is C16H18N4O5S. The molecule has 0 saturated heterocycles. The molecule has 0 aromatic carbocycles. The van der Waals surface area contributed by atoms with Crippen LogP contribution in [0.5, 0.6) is 0 Å². The number of urea groups is 1. The standard InChI is InChI=1S/C16H18N4O5S/c1-9-7-11(20-25-9)8-26-14-12(5-4-6-18-14)15(22)24-10(2)13(21)19-16(23)17-3/h4-7,10H,8H2,1-3H3,(H2,17,19,21,23)/t10-/m1/s1. The van der Waals surface area contributed by atoms with Crippen LogP contribution in [0, 0.1) is 6.92 Å². The molecule has 0 saturated carbocycles. The second-order valence-electron chi connectivity index (χ2n) is 5.19. The first kappa shape index (κ1) is 19.4. The van der Waals surface area contributed by atoms with Gasteiger partial charge >= 0.3 is 12.0 Å². The van der Waals surface area contributed by atoms with Crippen LogP contribution in [-0.2, 0) is 15.3 Å². The van der Waals surface area contributed by atoms with E-state index < -0.39 is 24.0 Å². The minimum Gasteiger partial charge on any atom is -0.449 e. The van der Waals surface area contributed by atoms with Gasteiger partial charge in [-0.15, -0.1) is 0 Å². The van der Waals surface area contributed by atoms with E-state index in [9.17, 15) is 14.4 Å². The zero-order valence-electron chi connectivity index (χ0n) is 14.4. The molecule has 0 unspecified atom stereocenters. The second-order valence-corrected chi connectivity index (χ2v) is 6.15. The van der Waals surface area contributed by atoms with Crippen molar-refractivity contribution < 1.29 is 23.6 Å². The monoisotopic (exact) mass is 378 g/mol. The molecule has 2 rings (SSSR count). The van der Waals surface area contributed by atoms with Crippen LogP contribution >= 0.6 is 11.8 Å². The number of rotatable bonds is 6. The molecule has 2 aromatic heterocycles. The van der Waals surface area contributed by atoms with Crippen LogP contribution < -0.4 is 10.6 Å². The minimum absolute atomic E-state index is 0.220. The number of amides is 3. The maximum absolute atomic E-state index is 12.4. The second kappa shape index (κ2) is 8.99. The number of hydrogen-bond donors (Lipinski definition) is 2. The molecule has 0 bridgehead atoms. The molecule has 26 heavy (non-hydrogen) atoms. The first-order chi connectivity index (χ1) is 12.4. The lowest BCUT2D eigenvalue weighted by atomic mass is 10.3. The molecule has 138 valence electrons. The maximum atomic E-state index is 12.4. The quantitative estimate of drug-likeness (QED) is 0.575. The van der Waals surface area contributed by atoms with Crippen molar-refractivity contribution in [3.63, 3.8) is 0 Å². The summed E-state index contributed by atoms with van der Waals surface area (Å²) in [5.74, 6) is -0.288. The molecule has 1 atom stereocenters. The van der Waals surface area contributed by atoms with Gasteiger partial charge in [-0.25, -0.2) is 14.6 Å². The van der Waals surface area contributed by atoms with Crippen LogP contribution in [-0.4, -0.2) is 41.2 Å². The largest absolute Gasteiger partial charge is 0.449 e. The minimum atomic E-state index is -1.14. The highest BCUT2D eigenvalue weighted by Crippen LogP contribution is 2.24. The summed E-state index contributed by atoms with van der Waals surface area (Å²) in [5.41, 5.74) is 0.938. The first-order valence-electron chi connectivity index (χ1n) is 7.64. The Kier molecular flexibility index (Phi) is 6.73. The number of carbonyl (C=O) groups is 3. The third-order valence-electron chi connectivity index (χ3n) is 3.14. The molecule has 2 aromatic rings. The van der Waals surface area contributed by atoms with Crippen molar-refractivity contribution in [3.05, 3.63) is 41.4 Å². The zero-order chi connectivity index (χ0) is 19.1.